The quantitative estimate of drug-likeness (QED) is 0.745. The van der Waals surface area contributed by atoms with Crippen LogP contribution in [0.2, 0.25) is 0 Å². The minimum atomic E-state index is 0. The van der Waals surface area contributed by atoms with E-state index in [9.17, 15) is 0 Å². The van der Waals surface area contributed by atoms with Gasteiger partial charge in [0.1, 0.15) is 11.3 Å². The van der Waals surface area contributed by atoms with Gasteiger partial charge in [-0.25, -0.2) is 0 Å². The monoisotopic (exact) mass is 336 g/mol. The van der Waals surface area contributed by atoms with E-state index in [1.807, 2.05) is 25.2 Å². The Morgan fingerprint density at radius 3 is 2.70 bits per heavy atom. The van der Waals surface area contributed by atoms with Gasteiger partial charge in [0.2, 0.25) is 5.89 Å². The number of nitrogens with two attached hydrogens (primary N) is 1. The van der Waals surface area contributed by atoms with Crippen LogP contribution in [-0.2, 0) is 26.1 Å². The Bertz CT molecular complexity index is 768. The Balaban J connectivity index is 0.00000192. The van der Waals surface area contributed by atoms with Crippen molar-refractivity contribution in [3.63, 3.8) is 0 Å². The molecule has 0 atom stereocenters. The Labute approximate surface area is 141 Å². The van der Waals surface area contributed by atoms with Gasteiger partial charge >= 0.3 is 0 Å². The number of aromatic nitrogens is 2. The standard InChI is InChI=1S/C16H20N4O2.ClH/c1-3-13-12(11-6-4-5-7-14(11)21-13)9-20(2)10-15-18-16(8-17)22-19-15;/h4-7H,3,8-10,17H2,1-2H3;1H. The molecule has 0 amide bonds. The largest absolute Gasteiger partial charge is 0.461 e. The molecule has 2 heterocycles. The van der Waals surface area contributed by atoms with Crippen LogP contribution in [0.5, 0.6) is 0 Å². The number of benzene rings is 1. The fourth-order valence-electron chi connectivity index (χ4n) is 2.61. The number of fused-ring (bicyclic) bond motifs is 1. The van der Waals surface area contributed by atoms with Crippen LogP contribution in [-0.4, -0.2) is 22.1 Å². The molecule has 0 saturated heterocycles. The fraction of sp³-hybridized carbons (Fsp3) is 0.375. The first-order valence-electron chi connectivity index (χ1n) is 7.40. The summed E-state index contributed by atoms with van der Waals surface area (Å²) in [6.45, 7) is 3.75. The lowest BCUT2D eigenvalue weighted by molar-refractivity contribution is 0.298. The van der Waals surface area contributed by atoms with Gasteiger partial charge in [0.15, 0.2) is 5.82 Å². The molecule has 3 aromatic rings. The highest BCUT2D eigenvalue weighted by atomic mass is 35.5. The van der Waals surface area contributed by atoms with E-state index in [1.54, 1.807) is 0 Å². The molecule has 2 aromatic heterocycles. The van der Waals surface area contributed by atoms with Crippen molar-refractivity contribution in [3.8, 4) is 0 Å². The number of furan rings is 1. The Morgan fingerprint density at radius 1 is 1.22 bits per heavy atom. The number of aryl methyl sites for hydroxylation is 1. The molecule has 0 bridgehead atoms. The summed E-state index contributed by atoms with van der Waals surface area (Å²) in [5, 5.41) is 5.10. The van der Waals surface area contributed by atoms with Crippen molar-refractivity contribution < 1.29 is 8.94 Å². The lowest BCUT2D eigenvalue weighted by Crippen LogP contribution is -2.18. The highest BCUT2D eigenvalue weighted by Crippen LogP contribution is 2.27. The number of para-hydroxylation sites is 1. The van der Waals surface area contributed by atoms with Crippen LogP contribution < -0.4 is 5.73 Å². The van der Waals surface area contributed by atoms with E-state index >= 15 is 0 Å². The van der Waals surface area contributed by atoms with Gasteiger partial charge in [-0.1, -0.05) is 30.3 Å². The molecule has 0 spiro atoms. The average molecular weight is 337 g/mol. The van der Waals surface area contributed by atoms with E-state index in [2.05, 4.69) is 28.0 Å². The van der Waals surface area contributed by atoms with Crippen LogP contribution in [0.3, 0.4) is 0 Å². The first-order valence-corrected chi connectivity index (χ1v) is 7.40. The summed E-state index contributed by atoms with van der Waals surface area (Å²) in [5.41, 5.74) is 7.64. The molecule has 0 fully saturated rings. The topological polar surface area (TPSA) is 81.3 Å². The van der Waals surface area contributed by atoms with Crippen molar-refractivity contribution in [1.82, 2.24) is 15.0 Å². The van der Waals surface area contributed by atoms with Gasteiger partial charge in [-0.15, -0.1) is 12.4 Å². The summed E-state index contributed by atoms with van der Waals surface area (Å²) < 4.78 is 11.0. The number of rotatable bonds is 6. The van der Waals surface area contributed by atoms with Crippen LogP contribution in [0.25, 0.3) is 11.0 Å². The lowest BCUT2D eigenvalue weighted by atomic mass is 10.1. The molecule has 23 heavy (non-hydrogen) atoms. The van der Waals surface area contributed by atoms with Crippen molar-refractivity contribution in [1.29, 1.82) is 0 Å². The zero-order valence-corrected chi connectivity index (χ0v) is 14.1. The maximum absolute atomic E-state index is 5.93. The third-order valence-corrected chi connectivity index (χ3v) is 3.63. The van der Waals surface area contributed by atoms with Crippen LogP contribution >= 0.6 is 12.4 Å². The molecule has 7 heteroatoms. The summed E-state index contributed by atoms with van der Waals surface area (Å²) >= 11 is 0. The molecule has 0 unspecified atom stereocenters. The third kappa shape index (κ3) is 3.72. The molecule has 0 aliphatic carbocycles. The fourth-order valence-corrected chi connectivity index (χ4v) is 2.61. The van der Waals surface area contributed by atoms with Gasteiger partial charge in [-0.3, -0.25) is 4.90 Å². The van der Waals surface area contributed by atoms with Crippen molar-refractivity contribution in [2.75, 3.05) is 7.05 Å². The van der Waals surface area contributed by atoms with Crippen molar-refractivity contribution >= 4 is 23.4 Å². The molecule has 3 rings (SSSR count). The molecular weight excluding hydrogens is 316 g/mol. The second-order valence-corrected chi connectivity index (χ2v) is 5.33. The third-order valence-electron chi connectivity index (χ3n) is 3.63. The van der Waals surface area contributed by atoms with Gasteiger partial charge in [-0.2, -0.15) is 4.98 Å². The summed E-state index contributed by atoms with van der Waals surface area (Å²) in [5.74, 6) is 2.14. The maximum atomic E-state index is 5.93. The molecule has 0 radical (unpaired) electrons. The van der Waals surface area contributed by atoms with E-state index in [0.717, 1.165) is 24.3 Å². The Kier molecular flexibility index (Phi) is 5.76. The molecule has 2 N–H and O–H groups in total. The summed E-state index contributed by atoms with van der Waals surface area (Å²) in [4.78, 5) is 6.38. The highest BCUT2D eigenvalue weighted by molar-refractivity contribution is 5.85. The second-order valence-electron chi connectivity index (χ2n) is 5.33. The Morgan fingerprint density at radius 2 is 2.00 bits per heavy atom. The van der Waals surface area contributed by atoms with Crippen molar-refractivity contribution in [3.05, 3.63) is 47.3 Å². The highest BCUT2D eigenvalue weighted by Gasteiger charge is 2.15. The normalized spacial score (nSPS) is 11.1. The van der Waals surface area contributed by atoms with E-state index in [0.29, 0.717) is 18.3 Å². The summed E-state index contributed by atoms with van der Waals surface area (Å²) in [6, 6.07) is 8.13. The van der Waals surface area contributed by atoms with Gasteiger partial charge in [0.05, 0.1) is 13.1 Å². The predicted octanol–water partition coefficient (Wildman–Crippen LogP) is 2.89. The van der Waals surface area contributed by atoms with Gasteiger partial charge < -0.3 is 14.7 Å². The Hall–Kier alpha value is -1.89. The second kappa shape index (κ2) is 7.59. The molecule has 1 aromatic carbocycles. The van der Waals surface area contributed by atoms with Gasteiger partial charge in [0.25, 0.3) is 0 Å². The predicted molar refractivity (Wildman–Crippen MR) is 90.2 cm³/mol. The first kappa shape index (κ1) is 17.5. The SMILES string of the molecule is CCc1oc2ccccc2c1CN(C)Cc1noc(CN)n1.Cl. The number of nitrogens with zero attached hydrogens (tertiary/aromatic N) is 3. The van der Waals surface area contributed by atoms with Crippen LogP contribution in [0, 0.1) is 0 Å². The summed E-state index contributed by atoms with van der Waals surface area (Å²) in [7, 11) is 2.03. The van der Waals surface area contributed by atoms with E-state index < -0.39 is 0 Å². The summed E-state index contributed by atoms with van der Waals surface area (Å²) in [6.07, 6.45) is 0.872. The minimum absolute atomic E-state index is 0. The zero-order chi connectivity index (χ0) is 15.5. The maximum Gasteiger partial charge on any atom is 0.240 e. The number of hydrogen-bond acceptors (Lipinski definition) is 6. The zero-order valence-electron chi connectivity index (χ0n) is 13.3. The average Bonchev–Trinajstić information content (AvgIpc) is 3.12. The molecule has 124 valence electrons. The molecule has 0 saturated carbocycles. The van der Waals surface area contributed by atoms with E-state index in [1.165, 1.54) is 10.9 Å². The van der Waals surface area contributed by atoms with Crippen LogP contribution in [0.15, 0.2) is 33.2 Å². The van der Waals surface area contributed by atoms with Crippen LogP contribution in [0.4, 0.5) is 0 Å². The van der Waals surface area contributed by atoms with E-state index in [-0.39, 0.29) is 19.0 Å². The van der Waals surface area contributed by atoms with Crippen molar-refractivity contribution in [2.24, 2.45) is 5.73 Å². The van der Waals surface area contributed by atoms with Gasteiger partial charge in [0, 0.05) is 23.9 Å². The number of hydrogen-bond donors (Lipinski definition) is 1. The van der Waals surface area contributed by atoms with Crippen molar-refractivity contribution in [2.45, 2.75) is 33.0 Å². The molecule has 0 aliphatic heterocycles. The lowest BCUT2D eigenvalue weighted by Gasteiger charge is -2.14. The van der Waals surface area contributed by atoms with E-state index in [4.69, 9.17) is 14.7 Å². The number of halogens is 1. The first-order chi connectivity index (χ1) is 10.7. The molecular formula is C16H21ClN4O2. The minimum Gasteiger partial charge on any atom is -0.461 e. The van der Waals surface area contributed by atoms with Crippen LogP contribution in [0.1, 0.15) is 30.0 Å². The smallest absolute Gasteiger partial charge is 0.240 e. The molecule has 0 aliphatic rings. The van der Waals surface area contributed by atoms with Gasteiger partial charge in [-0.05, 0) is 13.1 Å². The molecule has 6 nitrogen and oxygen atoms in total.